The van der Waals surface area contributed by atoms with E-state index in [0.29, 0.717) is 6.61 Å². The molecule has 0 saturated carbocycles. The quantitative estimate of drug-likeness (QED) is 0.354. The number of methoxy groups -OCH3 is 1. The molecular formula is C17H21ClN5O2S2-. The molecule has 0 saturated heterocycles. The molecule has 0 radical (unpaired) electrons. The normalized spacial score (nSPS) is 10.4. The molecule has 0 atom stereocenters. The molecule has 0 fully saturated rings. The van der Waals surface area contributed by atoms with E-state index >= 15 is 0 Å². The molecule has 1 N–H and O–H groups in total. The smallest absolute Gasteiger partial charge is 0.209 e. The highest BCUT2D eigenvalue weighted by atomic mass is 35.5. The Kier molecular flexibility index (Phi) is 8.86. The van der Waals surface area contributed by atoms with Gasteiger partial charge in [0, 0.05) is 30.8 Å². The Hall–Kier alpha value is -1.81. The third kappa shape index (κ3) is 6.39. The van der Waals surface area contributed by atoms with Gasteiger partial charge in [-0.2, -0.15) is 0 Å². The molecule has 0 aliphatic heterocycles. The van der Waals surface area contributed by atoms with Gasteiger partial charge in [-0.25, -0.2) is 4.68 Å². The van der Waals surface area contributed by atoms with Gasteiger partial charge in [-0.1, -0.05) is 23.9 Å². The van der Waals surface area contributed by atoms with Gasteiger partial charge in [0.05, 0.1) is 7.11 Å². The standard InChI is InChI=1S/C17H21N5O2S2.ClH/c1-22-17(19-20-21-22)26-9-7-18-11-13-5-6-15(16(10-13)23-2)24-12-14-4-3-8-25-14;/h3-6,8,10,18H,7,9,11-12H2,1-2H3;1H/p-1. The summed E-state index contributed by atoms with van der Waals surface area (Å²) in [5, 5.41) is 17.7. The Morgan fingerprint density at radius 1 is 1.26 bits per heavy atom. The van der Waals surface area contributed by atoms with Crippen LogP contribution in [-0.2, 0) is 20.2 Å². The van der Waals surface area contributed by atoms with Gasteiger partial charge in [0.15, 0.2) is 11.5 Å². The van der Waals surface area contributed by atoms with Crippen LogP contribution in [0.2, 0.25) is 0 Å². The summed E-state index contributed by atoms with van der Waals surface area (Å²) in [5.41, 5.74) is 1.15. The minimum Gasteiger partial charge on any atom is -1.00 e. The number of hydrogen-bond donors (Lipinski definition) is 1. The van der Waals surface area contributed by atoms with Crippen LogP contribution in [0.4, 0.5) is 0 Å². The fourth-order valence-corrected chi connectivity index (χ4v) is 3.64. The van der Waals surface area contributed by atoms with Crippen molar-refractivity contribution in [2.45, 2.75) is 18.3 Å². The summed E-state index contributed by atoms with van der Waals surface area (Å²) >= 11 is 3.31. The number of benzene rings is 1. The first-order valence-corrected chi connectivity index (χ1v) is 10.0. The Morgan fingerprint density at radius 2 is 2.15 bits per heavy atom. The molecule has 146 valence electrons. The molecule has 2 heterocycles. The summed E-state index contributed by atoms with van der Waals surface area (Å²) in [5.74, 6) is 2.41. The summed E-state index contributed by atoms with van der Waals surface area (Å²) < 4.78 is 13.0. The number of nitrogens with one attached hydrogen (secondary N) is 1. The number of ether oxygens (including phenoxy) is 2. The number of aromatic nitrogens is 4. The van der Waals surface area contributed by atoms with E-state index in [1.54, 1.807) is 34.9 Å². The van der Waals surface area contributed by atoms with Crippen molar-refractivity contribution in [1.29, 1.82) is 0 Å². The van der Waals surface area contributed by atoms with Crippen molar-refractivity contribution in [3.63, 3.8) is 0 Å². The fraction of sp³-hybridized carbons (Fsp3) is 0.353. The Balaban J connectivity index is 0.00000261. The van der Waals surface area contributed by atoms with Crippen LogP contribution in [0.15, 0.2) is 40.9 Å². The second-order valence-corrected chi connectivity index (χ2v) is 7.56. The van der Waals surface area contributed by atoms with Gasteiger partial charge in [-0.05, 0) is 39.6 Å². The van der Waals surface area contributed by atoms with E-state index in [2.05, 4.69) is 33.0 Å². The van der Waals surface area contributed by atoms with E-state index in [1.165, 1.54) is 4.88 Å². The molecule has 0 aliphatic carbocycles. The number of thiophene rings is 1. The van der Waals surface area contributed by atoms with Gasteiger partial charge in [-0.3, -0.25) is 0 Å². The minimum absolute atomic E-state index is 0. The van der Waals surface area contributed by atoms with E-state index in [0.717, 1.165) is 41.1 Å². The SMILES string of the molecule is COc1cc(CNCCSc2nnnn2C)ccc1OCc1cccs1.[Cl-]. The maximum absolute atomic E-state index is 5.86. The molecule has 0 spiro atoms. The molecule has 3 rings (SSSR count). The Labute approximate surface area is 172 Å². The van der Waals surface area contributed by atoms with Gasteiger partial charge < -0.3 is 27.2 Å². The van der Waals surface area contributed by atoms with Crippen molar-refractivity contribution in [3.05, 3.63) is 46.2 Å². The van der Waals surface area contributed by atoms with Crippen LogP contribution in [0.3, 0.4) is 0 Å². The number of nitrogens with zero attached hydrogens (tertiary/aromatic N) is 4. The predicted molar refractivity (Wildman–Crippen MR) is 103 cm³/mol. The average molecular weight is 427 g/mol. The fourth-order valence-electron chi connectivity index (χ4n) is 2.28. The lowest BCUT2D eigenvalue weighted by Crippen LogP contribution is -3.00. The zero-order chi connectivity index (χ0) is 18.2. The van der Waals surface area contributed by atoms with Gasteiger partial charge in [0.2, 0.25) is 5.16 Å². The molecule has 27 heavy (non-hydrogen) atoms. The second kappa shape index (κ2) is 11.1. The maximum atomic E-state index is 5.86. The molecular weight excluding hydrogens is 406 g/mol. The maximum Gasteiger partial charge on any atom is 0.209 e. The number of rotatable bonds is 10. The predicted octanol–water partition coefficient (Wildman–Crippen LogP) is -0.255. The summed E-state index contributed by atoms with van der Waals surface area (Å²) in [4.78, 5) is 1.19. The average Bonchev–Trinajstić information content (AvgIpc) is 3.32. The van der Waals surface area contributed by atoms with E-state index in [9.17, 15) is 0 Å². The molecule has 0 unspecified atom stereocenters. The highest BCUT2D eigenvalue weighted by molar-refractivity contribution is 7.99. The van der Waals surface area contributed by atoms with Crippen LogP contribution in [0.25, 0.3) is 0 Å². The third-order valence-corrected chi connectivity index (χ3v) is 5.46. The van der Waals surface area contributed by atoms with Crippen molar-refractivity contribution < 1.29 is 21.9 Å². The minimum atomic E-state index is 0. The molecule has 1 aromatic carbocycles. The van der Waals surface area contributed by atoms with Gasteiger partial charge in [0.25, 0.3) is 0 Å². The van der Waals surface area contributed by atoms with Crippen molar-refractivity contribution in [3.8, 4) is 11.5 Å². The van der Waals surface area contributed by atoms with E-state index in [4.69, 9.17) is 9.47 Å². The summed E-state index contributed by atoms with van der Waals surface area (Å²) in [7, 11) is 3.50. The van der Waals surface area contributed by atoms with Crippen molar-refractivity contribution in [2.24, 2.45) is 7.05 Å². The topological polar surface area (TPSA) is 74.1 Å². The zero-order valence-corrected chi connectivity index (χ0v) is 17.5. The molecule has 0 amide bonds. The van der Waals surface area contributed by atoms with Crippen LogP contribution < -0.4 is 27.2 Å². The number of tetrazole rings is 1. The summed E-state index contributed by atoms with van der Waals surface area (Å²) in [6.07, 6.45) is 0. The molecule has 0 aliphatic rings. The highest BCUT2D eigenvalue weighted by Crippen LogP contribution is 2.29. The largest absolute Gasteiger partial charge is 1.00 e. The van der Waals surface area contributed by atoms with Crippen molar-refractivity contribution in [2.75, 3.05) is 19.4 Å². The first kappa shape index (κ1) is 21.5. The van der Waals surface area contributed by atoms with Crippen LogP contribution in [0, 0.1) is 0 Å². The Morgan fingerprint density at radius 3 is 2.85 bits per heavy atom. The van der Waals surface area contributed by atoms with E-state index < -0.39 is 0 Å². The third-order valence-electron chi connectivity index (χ3n) is 3.60. The number of halogens is 1. The molecule has 10 heteroatoms. The zero-order valence-electron chi connectivity index (χ0n) is 15.1. The summed E-state index contributed by atoms with van der Waals surface area (Å²) in [6.45, 7) is 2.18. The number of hydrogen-bond acceptors (Lipinski definition) is 8. The second-order valence-electron chi connectivity index (χ2n) is 5.46. The molecule has 3 aromatic rings. The summed E-state index contributed by atoms with van der Waals surface area (Å²) in [6, 6.07) is 10.1. The molecule has 7 nitrogen and oxygen atoms in total. The van der Waals surface area contributed by atoms with E-state index in [1.807, 2.05) is 30.6 Å². The van der Waals surface area contributed by atoms with Gasteiger partial charge in [0.1, 0.15) is 6.61 Å². The monoisotopic (exact) mass is 426 g/mol. The number of thioether (sulfide) groups is 1. The van der Waals surface area contributed by atoms with Crippen LogP contribution in [-0.4, -0.2) is 39.6 Å². The first-order chi connectivity index (χ1) is 12.8. The van der Waals surface area contributed by atoms with E-state index in [-0.39, 0.29) is 12.4 Å². The first-order valence-electron chi connectivity index (χ1n) is 8.14. The number of aryl methyl sites for hydroxylation is 1. The van der Waals surface area contributed by atoms with Crippen LogP contribution >= 0.6 is 23.1 Å². The van der Waals surface area contributed by atoms with Gasteiger partial charge >= 0.3 is 0 Å². The van der Waals surface area contributed by atoms with Crippen molar-refractivity contribution in [1.82, 2.24) is 25.5 Å². The molecule has 0 bridgehead atoms. The highest BCUT2D eigenvalue weighted by Gasteiger charge is 2.07. The lowest BCUT2D eigenvalue weighted by atomic mass is 10.2. The molecule has 2 aromatic heterocycles. The van der Waals surface area contributed by atoms with Crippen molar-refractivity contribution >= 4 is 23.1 Å². The Bertz CT molecular complexity index is 814. The van der Waals surface area contributed by atoms with Crippen LogP contribution in [0.1, 0.15) is 10.4 Å². The lowest BCUT2D eigenvalue weighted by molar-refractivity contribution is -0.00000602. The van der Waals surface area contributed by atoms with Gasteiger partial charge in [-0.15, -0.1) is 16.4 Å². The van der Waals surface area contributed by atoms with Crippen LogP contribution in [0.5, 0.6) is 11.5 Å². The lowest BCUT2D eigenvalue weighted by Gasteiger charge is -2.12.